The summed E-state index contributed by atoms with van der Waals surface area (Å²) in [5.41, 5.74) is 1.02. The Hall–Kier alpha value is -2.57. The summed E-state index contributed by atoms with van der Waals surface area (Å²) in [7, 11) is -4.00. The van der Waals surface area contributed by atoms with Gasteiger partial charge in [-0.15, -0.1) is 0 Å². The van der Waals surface area contributed by atoms with Gasteiger partial charge >= 0.3 is 5.97 Å². The van der Waals surface area contributed by atoms with Gasteiger partial charge in [-0.25, -0.2) is 8.42 Å². The lowest BCUT2D eigenvalue weighted by molar-refractivity contribution is -0.141. The maximum atomic E-state index is 13.4. The molecule has 0 aliphatic carbocycles. The fourth-order valence-corrected chi connectivity index (χ4v) is 4.71. The van der Waals surface area contributed by atoms with E-state index in [9.17, 15) is 13.2 Å². The fraction of sp³-hybridized carbons (Fsp3) is 0.190. The molecule has 0 N–H and O–H groups in total. The Morgan fingerprint density at radius 2 is 1.75 bits per heavy atom. The van der Waals surface area contributed by atoms with Crippen molar-refractivity contribution in [3.05, 3.63) is 71.2 Å². The molecule has 5 nitrogen and oxygen atoms in total. The Morgan fingerprint density at radius 3 is 2.43 bits per heavy atom. The van der Waals surface area contributed by atoms with Crippen molar-refractivity contribution in [1.82, 2.24) is 0 Å². The SMILES string of the molecule is CCOC(=O)CN(c1ccc(Cl)cc1C)S(=O)(=O)c1ccc2ccccc2c1. The minimum atomic E-state index is -4.00. The molecule has 28 heavy (non-hydrogen) atoms. The van der Waals surface area contributed by atoms with Gasteiger partial charge in [0.2, 0.25) is 0 Å². The Labute approximate surface area is 169 Å². The molecule has 0 amide bonds. The van der Waals surface area contributed by atoms with E-state index in [4.69, 9.17) is 16.3 Å². The van der Waals surface area contributed by atoms with Gasteiger partial charge in [-0.3, -0.25) is 9.10 Å². The third-order valence-corrected chi connectivity index (χ3v) is 6.31. The van der Waals surface area contributed by atoms with Crippen LogP contribution in [-0.4, -0.2) is 27.5 Å². The molecular weight excluding hydrogens is 398 g/mol. The van der Waals surface area contributed by atoms with E-state index in [1.807, 2.05) is 24.3 Å². The number of sulfonamides is 1. The predicted molar refractivity (Wildman–Crippen MR) is 111 cm³/mol. The normalized spacial score (nSPS) is 11.4. The summed E-state index contributed by atoms with van der Waals surface area (Å²) in [5, 5.41) is 2.22. The summed E-state index contributed by atoms with van der Waals surface area (Å²) >= 11 is 6.01. The molecule has 0 bridgehead atoms. The average Bonchev–Trinajstić information content (AvgIpc) is 2.66. The van der Waals surface area contributed by atoms with E-state index in [-0.39, 0.29) is 11.5 Å². The Balaban J connectivity index is 2.12. The van der Waals surface area contributed by atoms with Crippen molar-refractivity contribution in [2.45, 2.75) is 18.7 Å². The number of halogens is 1. The van der Waals surface area contributed by atoms with E-state index in [2.05, 4.69) is 0 Å². The highest BCUT2D eigenvalue weighted by Crippen LogP contribution is 2.30. The molecule has 146 valence electrons. The second kappa shape index (κ2) is 8.20. The van der Waals surface area contributed by atoms with Gasteiger partial charge < -0.3 is 4.74 Å². The van der Waals surface area contributed by atoms with Gasteiger partial charge in [-0.1, -0.05) is 41.9 Å². The summed E-state index contributed by atoms with van der Waals surface area (Å²) in [6.45, 7) is 3.16. The highest BCUT2D eigenvalue weighted by atomic mass is 35.5. The molecule has 0 heterocycles. The van der Waals surface area contributed by atoms with Crippen LogP contribution in [0.25, 0.3) is 10.8 Å². The third-order valence-electron chi connectivity index (χ3n) is 4.31. The molecule has 0 aromatic heterocycles. The molecule has 3 rings (SSSR count). The van der Waals surface area contributed by atoms with Gasteiger partial charge in [0.15, 0.2) is 0 Å². The van der Waals surface area contributed by atoms with E-state index >= 15 is 0 Å². The molecule has 0 radical (unpaired) electrons. The Morgan fingerprint density at radius 1 is 1.04 bits per heavy atom. The monoisotopic (exact) mass is 417 g/mol. The number of nitrogens with zero attached hydrogens (tertiary/aromatic N) is 1. The molecule has 0 atom stereocenters. The molecule has 0 fully saturated rings. The summed E-state index contributed by atoms with van der Waals surface area (Å²) in [4.78, 5) is 12.2. The van der Waals surface area contributed by atoms with Crippen LogP contribution in [0.5, 0.6) is 0 Å². The van der Waals surface area contributed by atoms with Crippen LogP contribution in [-0.2, 0) is 19.6 Å². The van der Waals surface area contributed by atoms with Crippen LogP contribution in [0, 0.1) is 6.92 Å². The zero-order valence-corrected chi connectivity index (χ0v) is 17.1. The number of esters is 1. The van der Waals surface area contributed by atoms with Crippen LogP contribution in [0.1, 0.15) is 12.5 Å². The van der Waals surface area contributed by atoms with Crippen molar-refractivity contribution in [3.8, 4) is 0 Å². The quantitative estimate of drug-likeness (QED) is 0.551. The van der Waals surface area contributed by atoms with Crippen molar-refractivity contribution < 1.29 is 17.9 Å². The van der Waals surface area contributed by atoms with Crippen molar-refractivity contribution in [2.75, 3.05) is 17.5 Å². The molecule has 0 spiro atoms. The van der Waals surface area contributed by atoms with E-state index in [0.29, 0.717) is 16.3 Å². The van der Waals surface area contributed by atoms with Crippen molar-refractivity contribution in [2.24, 2.45) is 0 Å². The molecule has 3 aromatic rings. The lowest BCUT2D eigenvalue weighted by Crippen LogP contribution is -2.37. The molecular formula is C21H20ClNO4S. The molecule has 0 aliphatic heterocycles. The molecule has 0 saturated carbocycles. The lowest BCUT2D eigenvalue weighted by Gasteiger charge is -2.25. The number of anilines is 1. The molecule has 3 aromatic carbocycles. The second-order valence-corrected chi connectivity index (χ2v) is 8.56. The first-order chi connectivity index (χ1) is 13.3. The van der Waals surface area contributed by atoms with Gasteiger partial charge in [0.05, 0.1) is 17.2 Å². The largest absolute Gasteiger partial charge is 0.465 e. The van der Waals surface area contributed by atoms with Crippen LogP contribution in [0.3, 0.4) is 0 Å². The number of aryl methyl sites for hydroxylation is 1. The predicted octanol–water partition coefficient (Wildman–Crippen LogP) is 4.56. The number of fused-ring (bicyclic) bond motifs is 1. The first-order valence-electron chi connectivity index (χ1n) is 8.76. The fourth-order valence-electron chi connectivity index (χ4n) is 2.98. The molecule has 0 aliphatic rings. The summed E-state index contributed by atoms with van der Waals surface area (Å²) in [6, 6.07) is 17.2. The number of carbonyl (C=O) groups excluding carboxylic acids is 1. The minimum Gasteiger partial charge on any atom is -0.465 e. The molecule has 0 saturated heterocycles. The van der Waals surface area contributed by atoms with Gasteiger partial charge in [0, 0.05) is 5.02 Å². The van der Waals surface area contributed by atoms with Gasteiger partial charge in [0.1, 0.15) is 6.54 Å². The van der Waals surface area contributed by atoms with E-state index in [1.165, 1.54) is 0 Å². The number of benzene rings is 3. The third kappa shape index (κ3) is 4.13. The van der Waals surface area contributed by atoms with Gasteiger partial charge in [0.25, 0.3) is 10.0 Å². The smallest absolute Gasteiger partial charge is 0.326 e. The molecule has 7 heteroatoms. The maximum absolute atomic E-state index is 13.4. The van der Waals surface area contributed by atoms with Crippen molar-refractivity contribution in [3.63, 3.8) is 0 Å². The molecule has 0 unspecified atom stereocenters. The number of ether oxygens (including phenoxy) is 1. The van der Waals surface area contributed by atoms with Gasteiger partial charge in [-0.2, -0.15) is 0 Å². The first-order valence-corrected chi connectivity index (χ1v) is 10.6. The minimum absolute atomic E-state index is 0.102. The number of hydrogen-bond donors (Lipinski definition) is 0. The zero-order valence-electron chi connectivity index (χ0n) is 15.6. The highest BCUT2D eigenvalue weighted by Gasteiger charge is 2.29. The summed E-state index contributed by atoms with van der Waals surface area (Å²) in [5.74, 6) is -0.624. The number of hydrogen-bond acceptors (Lipinski definition) is 4. The number of carbonyl (C=O) groups is 1. The van der Waals surface area contributed by atoms with Crippen LogP contribution in [0.15, 0.2) is 65.6 Å². The van der Waals surface area contributed by atoms with Crippen LogP contribution >= 0.6 is 11.6 Å². The number of rotatable bonds is 6. The van der Waals surface area contributed by atoms with Gasteiger partial charge in [-0.05, 0) is 60.5 Å². The summed E-state index contributed by atoms with van der Waals surface area (Å²) in [6.07, 6.45) is 0. The van der Waals surface area contributed by atoms with Crippen LogP contribution in [0.2, 0.25) is 5.02 Å². The Bertz CT molecular complexity index is 1130. The van der Waals surface area contributed by atoms with E-state index < -0.39 is 22.5 Å². The van der Waals surface area contributed by atoms with E-state index in [0.717, 1.165) is 15.1 Å². The van der Waals surface area contributed by atoms with Crippen molar-refractivity contribution in [1.29, 1.82) is 0 Å². The maximum Gasteiger partial charge on any atom is 0.326 e. The summed E-state index contributed by atoms with van der Waals surface area (Å²) < 4.78 is 32.9. The van der Waals surface area contributed by atoms with Crippen molar-refractivity contribution >= 4 is 44.1 Å². The lowest BCUT2D eigenvalue weighted by atomic mass is 10.1. The first kappa shape index (κ1) is 20.2. The Kier molecular flexibility index (Phi) is 5.91. The highest BCUT2D eigenvalue weighted by molar-refractivity contribution is 7.92. The second-order valence-electron chi connectivity index (χ2n) is 6.26. The van der Waals surface area contributed by atoms with Crippen LogP contribution < -0.4 is 4.31 Å². The standard InChI is InChI=1S/C21H20ClNO4S/c1-3-27-21(24)14-23(20-11-9-18(22)12-15(20)2)28(25,26)19-10-8-16-6-4-5-7-17(16)13-19/h4-13H,3,14H2,1-2H3. The average molecular weight is 418 g/mol. The zero-order chi connectivity index (χ0) is 20.3. The van der Waals surface area contributed by atoms with E-state index in [1.54, 1.807) is 50.2 Å². The van der Waals surface area contributed by atoms with Crippen LogP contribution in [0.4, 0.5) is 5.69 Å². The topological polar surface area (TPSA) is 63.7 Å².